The number of aliphatic hydroxyl groups is 1. The summed E-state index contributed by atoms with van der Waals surface area (Å²) >= 11 is 0. The van der Waals surface area contributed by atoms with Gasteiger partial charge in [0.15, 0.2) is 0 Å². The molecule has 0 aliphatic rings. The molecule has 0 aromatic rings. The highest BCUT2D eigenvalue weighted by molar-refractivity contribution is 5.57. The Balaban J connectivity index is 3.39. The largest absolute Gasteiger partial charge is 0.495 e. The average Bonchev–Trinajstić information content (AvgIpc) is 1.59. The second kappa shape index (κ2) is 2.77. The summed E-state index contributed by atoms with van der Waals surface area (Å²) in [7, 11) is 0. The molecule has 0 spiro atoms. The normalized spacial score (nSPS) is 11.1. The van der Waals surface area contributed by atoms with Gasteiger partial charge in [-0.2, -0.15) is 0 Å². The van der Waals surface area contributed by atoms with E-state index >= 15 is 0 Å². The molecule has 4 heteroatoms. The summed E-state index contributed by atoms with van der Waals surface area (Å²) in [5, 5.41) is 8.82. The van der Waals surface area contributed by atoms with E-state index in [1.165, 1.54) is 13.8 Å². The van der Waals surface area contributed by atoms with E-state index in [0.717, 1.165) is 0 Å². The molecule has 0 aromatic heterocycles. The maximum atomic E-state index is 11.3. The summed E-state index contributed by atoms with van der Waals surface area (Å²) in [6.45, 7) is 2.51. The van der Waals surface area contributed by atoms with Crippen molar-refractivity contribution in [1.29, 1.82) is 0 Å². The van der Waals surface area contributed by atoms with Gasteiger partial charge in [-0.3, -0.25) is 0 Å². The van der Waals surface area contributed by atoms with Crippen molar-refractivity contribution in [3.63, 3.8) is 0 Å². The van der Waals surface area contributed by atoms with Gasteiger partial charge in [-0.1, -0.05) is 0 Å². The molecule has 0 bridgehead atoms. The first-order valence-corrected chi connectivity index (χ1v) is 2.46. The smallest absolute Gasteiger partial charge is 0.437 e. The van der Waals surface area contributed by atoms with Crippen LogP contribution < -0.4 is 0 Å². The molecule has 9 heavy (non-hydrogen) atoms. The molecule has 0 aliphatic carbocycles. The first kappa shape index (κ1) is 8.36. The number of hydrogen-bond acceptors (Lipinski definition) is 3. The molecule has 0 saturated heterocycles. The maximum absolute atomic E-state index is 11.3. The number of halogens is 1. The number of carbonyl (C=O) groups excluding carboxylic acids is 1. The van der Waals surface area contributed by atoms with Crippen LogP contribution in [0.25, 0.3) is 0 Å². The van der Waals surface area contributed by atoms with E-state index in [1.807, 2.05) is 0 Å². The van der Waals surface area contributed by atoms with E-state index in [0.29, 0.717) is 0 Å². The van der Waals surface area contributed by atoms with Gasteiger partial charge >= 0.3 is 6.22 Å². The quantitative estimate of drug-likeness (QED) is 0.573. The van der Waals surface area contributed by atoms with Crippen LogP contribution in [0, 0.1) is 0 Å². The Morgan fingerprint density at radius 2 is 2.22 bits per heavy atom. The molecule has 0 heterocycles. The second-order valence-electron chi connectivity index (χ2n) is 2.34. The van der Waals surface area contributed by atoms with E-state index in [2.05, 4.69) is 4.74 Å². The molecule has 0 amide bonds. The van der Waals surface area contributed by atoms with Crippen LogP contribution in [0.2, 0.25) is 0 Å². The van der Waals surface area contributed by atoms with E-state index in [1.54, 1.807) is 0 Å². The number of hydrogen-bond donors (Lipinski definition) is 1. The van der Waals surface area contributed by atoms with Crippen LogP contribution in [0.1, 0.15) is 13.8 Å². The molecule has 0 fully saturated rings. The van der Waals surface area contributed by atoms with Gasteiger partial charge in [-0.15, -0.1) is 4.39 Å². The van der Waals surface area contributed by atoms with Gasteiger partial charge < -0.3 is 9.84 Å². The van der Waals surface area contributed by atoms with Crippen molar-refractivity contribution in [2.45, 2.75) is 19.4 Å². The Kier molecular flexibility index (Phi) is 2.58. The lowest BCUT2D eigenvalue weighted by Crippen LogP contribution is -2.26. The van der Waals surface area contributed by atoms with Crippen molar-refractivity contribution in [3.8, 4) is 0 Å². The topological polar surface area (TPSA) is 46.5 Å². The zero-order valence-electron chi connectivity index (χ0n) is 5.35. The fraction of sp³-hybridized carbons (Fsp3) is 0.800. The summed E-state index contributed by atoms with van der Waals surface area (Å²) < 4.78 is 15.1. The van der Waals surface area contributed by atoms with E-state index in [4.69, 9.17) is 5.11 Å². The number of carbonyl (C=O) groups is 1. The predicted molar refractivity (Wildman–Crippen MR) is 28.8 cm³/mol. The minimum absolute atomic E-state index is 0.317. The Hall–Kier alpha value is -0.640. The van der Waals surface area contributed by atoms with Crippen molar-refractivity contribution in [2.24, 2.45) is 0 Å². The third kappa shape index (κ3) is 7.36. The predicted octanol–water partition coefficient (Wildman–Crippen LogP) is 0.863. The lowest BCUT2D eigenvalue weighted by molar-refractivity contribution is -0.000262. The third-order valence-electron chi connectivity index (χ3n) is 0.539. The molecule has 0 aromatic carbocycles. The first-order valence-electron chi connectivity index (χ1n) is 2.46. The summed E-state index contributed by atoms with van der Waals surface area (Å²) in [4.78, 5) is 9.49. The Labute approximate surface area is 52.4 Å². The van der Waals surface area contributed by atoms with E-state index in [-0.39, 0.29) is 6.61 Å². The van der Waals surface area contributed by atoms with Crippen LogP contribution in [-0.2, 0) is 4.74 Å². The SMILES string of the molecule is CC(C)(O)COC(=O)F. The second-order valence-corrected chi connectivity index (χ2v) is 2.34. The zero-order chi connectivity index (χ0) is 7.49. The highest BCUT2D eigenvalue weighted by Crippen LogP contribution is 2.01. The van der Waals surface area contributed by atoms with Crippen LogP contribution in [0.3, 0.4) is 0 Å². The van der Waals surface area contributed by atoms with Crippen LogP contribution in [0.4, 0.5) is 9.18 Å². The van der Waals surface area contributed by atoms with Gasteiger partial charge in [-0.05, 0) is 13.8 Å². The maximum Gasteiger partial charge on any atom is 0.495 e. The van der Waals surface area contributed by atoms with Crippen molar-refractivity contribution in [2.75, 3.05) is 6.61 Å². The molecule has 0 unspecified atom stereocenters. The molecule has 0 saturated carbocycles. The minimum Gasteiger partial charge on any atom is -0.437 e. The highest BCUT2D eigenvalue weighted by atomic mass is 19.1. The van der Waals surface area contributed by atoms with Crippen molar-refractivity contribution < 1.29 is 19.0 Å². The van der Waals surface area contributed by atoms with Gasteiger partial charge in [0.2, 0.25) is 0 Å². The van der Waals surface area contributed by atoms with Gasteiger partial charge in [0.1, 0.15) is 6.61 Å². The van der Waals surface area contributed by atoms with Gasteiger partial charge in [0.05, 0.1) is 5.60 Å². The van der Waals surface area contributed by atoms with E-state index in [9.17, 15) is 9.18 Å². The fourth-order valence-corrected chi connectivity index (χ4v) is 0.233. The van der Waals surface area contributed by atoms with Crippen molar-refractivity contribution in [3.05, 3.63) is 0 Å². The lowest BCUT2D eigenvalue weighted by atomic mass is 10.2. The fourth-order valence-electron chi connectivity index (χ4n) is 0.233. The molecule has 0 rings (SSSR count). The molecule has 1 N–H and O–H groups in total. The standard InChI is InChI=1S/C5H9FO3/c1-5(2,8)3-9-4(6)7/h8H,3H2,1-2H3. The molecule has 3 nitrogen and oxygen atoms in total. The molecule has 0 radical (unpaired) electrons. The van der Waals surface area contributed by atoms with Crippen LogP contribution in [0.5, 0.6) is 0 Å². The van der Waals surface area contributed by atoms with Gasteiger partial charge in [0.25, 0.3) is 0 Å². The van der Waals surface area contributed by atoms with Gasteiger partial charge in [0, 0.05) is 0 Å². The lowest BCUT2D eigenvalue weighted by Gasteiger charge is -2.14. The van der Waals surface area contributed by atoms with Crippen molar-refractivity contribution >= 4 is 6.22 Å². The molecule has 0 atom stereocenters. The van der Waals surface area contributed by atoms with E-state index < -0.39 is 11.8 Å². The Bertz CT molecular complexity index is 105. The first-order chi connectivity index (χ1) is 3.92. The number of rotatable bonds is 2. The van der Waals surface area contributed by atoms with Crippen LogP contribution >= 0.6 is 0 Å². The molecule has 54 valence electrons. The minimum atomic E-state index is -1.86. The molecule has 0 aliphatic heterocycles. The number of ether oxygens (including phenoxy) is 1. The molecular formula is C5H9FO3. The van der Waals surface area contributed by atoms with Gasteiger partial charge in [-0.25, -0.2) is 4.79 Å². The summed E-state index contributed by atoms with van der Waals surface area (Å²) in [6.07, 6.45) is -1.86. The summed E-state index contributed by atoms with van der Waals surface area (Å²) in [5.74, 6) is 0. The molecular weight excluding hydrogens is 127 g/mol. The van der Waals surface area contributed by atoms with Crippen molar-refractivity contribution in [1.82, 2.24) is 0 Å². The Morgan fingerprint density at radius 1 is 1.78 bits per heavy atom. The summed E-state index contributed by atoms with van der Waals surface area (Å²) in [5.41, 5.74) is -1.15. The monoisotopic (exact) mass is 136 g/mol. The highest BCUT2D eigenvalue weighted by Gasteiger charge is 2.14. The van der Waals surface area contributed by atoms with Crippen LogP contribution in [-0.4, -0.2) is 23.5 Å². The van der Waals surface area contributed by atoms with Crippen LogP contribution in [0.15, 0.2) is 0 Å². The Morgan fingerprint density at radius 3 is 2.33 bits per heavy atom. The average molecular weight is 136 g/mol. The summed E-state index contributed by atoms with van der Waals surface area (Å²) in [6, 6.07) is 0. The third-order valence-corrected chi connectivity index (χ3v) is 0.539. The zero-order valence-corrected chi connectivity index (χ0v) is 5.35.